The van der Waals surface area contributed by atoms with Crippen molar-refractivity contribution in [1.29, 1.82) is 0 Å². The highest BCUT2D eigenvalue weighted by Crippen LogP contribution is 2.33. The van der Waals surface area contributed by atoms with Gasteiger partial charge in [0.05, 0.1) is 6.20 Å². The Kier molecular flexibility index (Phi) is 4.00. The first-order valence-electron chi connectivity index (χ1n) is 6.95. The fourth-order valence-corrected chi connectivity index (χ4v) is 2.62. The molecule has 6 heteroatoms. The van der Waals surface area contributed by atoms with Gasteiger partial charge in [-0.1, -0.05) is 12.1 Å². The number of nitrogens with one attached hydrogen (secondary N) is 1. The Hall–Kier alpha value is -2.50. The maximum Gasteiger partial charge on any atom is 0.387 e. The Morgan fingerprint density at radius 3 is 2.91 bits per heavy atom. The standard InChI is InChI=1S/C16H14F2N2O2/c17-16(18)22-11-7-10(8-19-9-11)12-3-1-5-14-13(12)4-2-6-15(21)20-14/h1,3,5,7-9,16H,2,4,6H2,(H,20,21). The summed E-state index contributed by atoms with van der Waals surface area (Å²) in [6.07, 6.45) is 4.81. The van der Waals surface area contributed by atoms with Gasteiger partial charge in [-0.15, -0.1) is 0 Å². The van der Waals surface area contributed by atoms with E-state index >= 15 is 0 Å². The largest absolute Gasteiger partial charge is 0.433 e. The van der Waals surface area contributed by atoms with Gasteiger partial charge in [-0.25, -0.2) is 0 Å². The van der Waals surface area contributed by atoms with E-state index in [2.05, 4.69) is 15.0 Å². The molecule has 0 spiro atoms. The van der Waals surface area contributed by atoms with Gasteiger partial charge in [0.15, 0.2) is 0 Å². The van der Waals surface area contributed by atoms with Gasteiger partial charge in [-0.3, -0.25) is 9.78 Å². The SMILES string of the molecule is O=C1CCCc2c(cccc2-c2cncc(OC(F)F)c2)N1. The summed E-state index contributed by atoms with van der Waals surface area (Å²) in [4.78, 5) is 15.6. The number of benzene rings is 1. The summed E-state index contributed by atoms with van der Waals surface area (Å²) in [7, 11) is 0. The van der Waals surface area contributed by atoms with Crippen LogP contribution in [0.15, 0.2) is 36.7 Å². The first kappa shape index (κ1) is 14.4. The smallest absolute Gasteiger partial charge is 0.387 e. The number of alkyl halides is 2. The quantitative estimate of drug-likeness (QED) is 0.942. The first-order valence-corrected chi connectivity index (χ1v) is 6.95. The van der Waals surface area contributed by atoms with Crippen LogP contribution in [0.25, 0.3) is 11.1 Å². The third-order valence-electron chi connectivity index (χ3n) is 3.53. The molecule has 0 unspecified atom stereocenters. The molecule has 0 saturated heterocycles. The lowest BCUT2D eigenvalue weighted by Gasteiger charge is -2.13. The van der Waals surface area contributed by atoms with Crippen molar-refractivity contribution in [2.75, 3.05) is 5.32 Å². The van der Waals surface area contributed by atoms with E-state index in [1.54, 1.807) is 6.20 Å². The molecule has 22 heavy (non-hydrogen) atoms. The van der Waals surface area contributed by atoms with Gasteiger partial charge in [0.2, 0.25) is 5.91 Å². The van der Waals surface area contributed by atoms with Gasteiger partial charge >= 0.3 is 6.61 Å². The minimum absolute atomic E-state index is 0.0104. The van der Waals surface area contributed by atoms with Crippen LogP contribution in [0.3, 0.4) is 0 Å². The predicted molar refractivity (Wildman–Crippen MR) is 77.9 cm³/mol. The Labute approximate surface area is 126 Å². The number of hydrogen-bond donors (Lipinski definition) is 1. The van der Waals surface area contributed by atoms with Crippen LogP contribution in [-0.2, 0) is 11.2 Å². The average molecular weight is 304 g/mol. The second-order valence-electron chi connectivity index (χ2n) is 5.02. The molecule has 0 fully saturated rings. The second kappa shape index (κ2) is 6.09. The van der Waals surface area contributed by atoms with Crippen molar-refractivity contribution >= 4 is 11.6 Å². The maximum atomic E-state index is 12.3. The van der Waals surface area contributed by atoms with Crippen LogP contribution in [0.4, 0.5) is 14.5 Å². The first-order chi connectivity index (χ1) is 10.6. The molecule has 1 aliphatic rings. The Morgan fingerprint density at radius 1 is 1.23 bits per heavy atom. The number of halogens is 2. The highest BCUT2D eigenvalue weighted by Gasteiger charge is 2.17. The number of carbonyl (C=O) groups is 1. The van der Waals surface area contributed by atoms with Crippen molar-refractivity contribution in [1.82, 2.24) is 4.98 Å². The molecule has 3 rings (SSSR count). The maximum absolute atomic E-state index is 12.3. The van der Waals surface area contributed by atoms with Gasteiger partial charge in [0.1, 0.15) is 5.75 Å². The summed E-state index contributed by atoms with van der Waals surface area (Å²) in [5, 5.41) is 2.87. The minimum atomic E-state index is -2.88. The minimum Gasteiger partial charge on any atom is -0.433 e. The third-order valence-corrected chi connectivity index (χ3v) is 3.53. The normalized spacial score (nSPS) is 14.2. The number of aromatic nitrogens is 1. The van der Waals surface area contributed by atoms with E-state index in [9.17, 15) is 13.6 Å². The van der Waals surface area contributed by atoms with Crippen molar-refractivity contribution in [3.05, 3.63) is 42.2 Å². The molecule has 1 aromatic carbocycles. The van der Waals surface area contributed by atoms with Crippen molar-refractivity contribution in [3.8, 4) is 16.9 Å². The summed E-state index contributed by atoms with van der Waals surface area (Å²) in [6.45, 7) is -2.88. The summed E-state index contributed by atoms with van der Waals surface area (Å²) in [5.74, 6) is 0.00608. The van der Waals surface area contributed by atoms with Crippen LogP contribution in [0.5, 0.6) is 5.75 Å². The fourth-order valence-electron chi connectivity index (χ4n) is 2.62. The molecule has 114 valence electrons. The molecule has 1 N–H and O–H groups in total. The van der Waals surface area contributed by atoms with Crippen LogP contribution in [0.1, 0.15) is 18.4 Å². The lowest BCUT2D eigenvalue weighted by molar-refractivity contribution is -0.116. The molecular formula is C16H14F2N2O2. The zero-order valence-corrected chi connectivity index (χ0v) is 11.7. The molecule has 1 aliphatic heterocycles. The molecule has 0 atom stereocenters. The molecule has 2 heterocycles. The molecule has 0 bridgehead atoms. The molecule has 0 saturated carbocycles. The van der Waals surface area contributed by atoms with Gasteiger partial charge in [0.25, 0.3) is 0 Å². The van der Waals surface area contributed by atoms with Crippen LogP contribution < -0.4 is 10.1 Å². The van der Waals surface area contributed by atoms with Gasteiger partial charge < -0.3 is 10.1 Å². The zero-order chi connectivity index (χ0) is 15.5. The lowest BCUT2D eigenvalue weighted by atomic mass is 9.96. The van der Waals surface area contributed by atoms with Crippen LogP contribution in [-0.4, -0.2) is 17.5 Å². The number of ether oxygens (including phenoxy) is 1. The highest BCUT2D eigenvalue weighted by molar-refractivity contribution is 5.93. The number of anilines is 1. The van der Waals surface area contributed by atoms with Crippen molar-refractivity contribution in [3.63, 3.8) is 0 Å². The number of amides is 1. The number of carbonyl (C=O) groups excluding carboxylic acids is 1. The highest BCUT2D eigenvalue weighted by atomic mass is 19.3. The summed E-state index contributed by atoms with van der Waals surface area (Å²) in [5.41, 5.74) is 3.31. The van der Waals surface area contributed by atoms with E-state index in [0.29, 0.717) is 12.0 Å². The summed E-state index contributed by atoms with van der Waals surface area (Å²) >= 11 is 0. The topological polar surface area (TPSA) is 51.2 Å². The van der Waals surface area contributed by atoms with Crippen LogP contribution in [0.2, 0.25) is 0 Å². The second-order valence-corrected chi connectivity index (χ2v) is 5.02. The number of rotatable bonds is 3. The molecular weight excluding hydrogens is 290 g/mol. The van der Waals surface area contributed by atoms with E-state index < -0.39 is 6.61 Å². The van der Waals surface area contributed by atoms with E-state index in [4.69, 9.17) is 0 Å². The van der Waals surface area contributed by atoms with Crippen molar-refractivity contribution in [2.45, 2.75) is 25.9 Å². The summed E-state index contributed by atoms with van der Waals surface area (Å²) in [6, 6.07) is 7.08. The van der Waals surface area contributed by atoms with Gasteiger partial charge in [-0.05, 0) is 36.1 Å². The molecule has 2 aromatic rings. The van der Waals surface area contributed by atoms with Gasteiger partial charge in [0, 0.05) is 23.9 Å². The average Bonchev–Trinajstić information content (AvgIpc) is 2.67. The molecule has 0 aliphatic carbocycles. The van der Waals surface area contributed by atoms with Crippen molar-refractivity contribution in [2.24, 2.45) is 0 Å². The molecule has 1 amide bonds. The van der Waals surface area contributed by atoms with E-state index in [0.717, 1.165) is 29.7 Å². The van der Waals surface area contributed by atoms with E-state index in [-0.39, 0.29) is 11.7 Å². The molecule has 1 aromatic heterocycles. The zero-order valence-electron chi connectivity index (χ0n) is 11.7. The van der Waals surface area contributed by atoms with Gasteiger partial charge in [-0.2, -0.15) is 8.78 Å². The number of fused-ring (bicyclic) bond motifs is 1. The Balaban J connectivity index is 2.02. The lowest BCUT2D eigenvalue weighted by Crippen LogP contribution is -2.09. The van der Waals surface area contributed by atoms with Crippen LogP contribution in [0, 0.1) is 0 Å². The fraction of sp³-hybridized carbons (Fsp3) is 0.250. The van der Waals surface area contributed by atoms with E-state index in [1.165, 1.54) is 12.3 Å². The monoisotopic (exact) mass is 304 g/mol. The number of pyridine rings is 1. The van der Waals surface area contributed by atoms with Crippen LogP contribution >= 0.6 is 0 Å². The molecule has 0 radical (unpaired) electrons. The third kappa shape index (κ3) is 3.05. The Morgan fingerprint density at radius 2 is 2.09 bits per heavy atom. The number of hydrogen-bond acceptors (Lipinski definition) is 3. The summed E-state index contributed by atoms with van der Waals surface area (Å²) < 4.78 is 29.1. The Bertz CT molecular complexity index is 704. The van der Waals surface area contributed by atoms with E-state index in [1.807, 2.05) is 18.2 Å². The molecule has 4 nitrogen and oxygen atoms in total. The number of nitrogens with zero attached hydrogens (tertiary/aromatic N) is 1. The van der Waals surface area contributed by atoms with Crippen molar-refractivity contribution < 1.29 is 18.3 Å². The predicted octanol–water partition coefficient (Wildman–Crippen LogP) is 3.62.